The van der Waals surface area contributed by atoms with Gasteiger partial charge in [-0.1, -0.05) is 0 Å². The first kappa shape index (κ1) is 21.3. The van der Waals surface area contributed by atoms with E-state index in [1.807, 2.05) is 0 Å². The first-order chi connectivity index (χ1) is 8.90. The van der Waals surface area contributed by atoms with E-state index in [1.54, 1.807) is 7.05 Å². The summed E-state index contributed by atoms with van der Waals surface area (Å²) in [6, 6.07) is -0.465. The maximum absolute atomic E-state index is 11.7. The molecule has 0 saturated carbocycles. The summed E-state index contributed by atoms with van der Waals surface area (Å²) in [6.45, 7) is 6.37. The Labute approximate surface area is 136 Å². The first-order valence-corrected chi connectivity index (χ1v) is 6.23. The van der Waals surface area contributed by atoms with Crippen LogP contribution in [0.3, 0.4) is 0 Å². The van der Waals surface area contributed by atoms with Crippen LogP contribution in [0.15, 0.2) is 4.99 Å². The summed E-state index contributed by atoms with van der Waals surface area (Å²) < 4.78 is 0. The van der Waals surface area contributed by atoms with Crippen molar-refractivity contribution in [3.8, 4) is 0 Å². The van der Waals surface area contributed by atoms with Gasteiger partial charge in [-0.05, 0) is 26.8 Å². The molecule has 0 rings (SSSR count). The van der Waals surface area contributed by atoms with Crippen molar-refractivity contribution in [3.05, 3.63) is 6.92 Å². The fraction of sp³-hybridized carbons (Fsp3) is 0.667. The van der Waals surface area contributed by atoms with Crippen LogP contribution in [0.1, 0.15) is 19.8 Å². The van der Waals surface area contributed by atoms with Crippen LogP contribution in [0.25, 0.3) is 0 Å². The van der Waals surface area contributed by atoms with E-state index >= 15 is 0 Å². The number of nitrogens with one attached hydrogen (secondary N) is 1. The third kappa shape index (κ3) is 8.98. The van der Waals surface area contributed by atoms with E-state index in [4.69, 9.17) is 11.5 Å². The average molecular weight is 363 g/mol. The number of likely N-dealkylation sites (N-methyl/N-ethyl adjacent to an activating group) is 1. The van der Waals surface area contributed by atoms with E-state index in [1.165, 1.54) is 11.8 Å². The molecule has 0 spiro atoms. The number of carbonyl (C=O) groups is 2. The van der Waals surface area contributed by atoms with E-state index in [9.17, 15) is 9.59 Å². The number of hydrogen-bond acceptors (Lipinski definition) is 4. The van der Waals surface area contributed by atoms with Crippen LogP contribution in [0.4, 0.5) is 0 Å². The Balaban J connectivity index is 0. The fourth-order valence-corrected chi connectivity index (χ4v) is 1.76. The predicted molar refractivity (Wildman–Crippen MR) is 75.4 cm³/mol. The van der Waals surface area contributed by atoms with Gasteiger partial charge >= 0.3 is 0 Å². The molecule has 5 N–H and O–H groups in total. The van der Waals surface area contributed by atoms with Crippen LogP contribution in [-0.2, 0) is 32.0 Å². The molecule has 0 aromatic heterocycles. The number of nitrogens with two attached hydrogens (primary N) is 2. The van der Waals surface area contributed by atoms with Gasteiger partial charge in [-0.3, -0.25) is 9.79 Å². The molecule has 0 aliphatic carbocycles. The van der Waals surface area contributed by atoms with Crippen molar-refractivity contribution < 1.29 is 32.0 Å². The number of nitrogens with zero attached hydrogens (tertiary/aromatic N) is 2. The van der Waals surface area contributed by atoms with E-state index < -0.39 is 6.04 Å². The van der Waals surface area contributed by atoms with E-state index in [-0.39, 0.29) is 40.0 Å². The smallest absolute Gasteiger partial charge is 0.185 e. The molecule has 7 nitrogen and oxygen atoms in total. The van der Waals surface area contributed by atoms with Crippen LogP contribution in [0.5, 0.6) is 0 Å². The van der Waals surface area contributed by atoms with Crippen LogP contribution in [0, 0.1) is 6.92 Å². The Kier molecular flexibility index (Phi) is 12.5. The summed E-state index contributed by atoms with van der Waals surface area (Å²) in [5, 5.41) is 2.94. The molecule has 0 heterocycles. The van der Waals surface area contributed by atoms with E-state index in [2.05, 4.69) is 17.2 Å². The first-order valence-electron chi connectivity index (χ1n) is 6.23. The summed E-state index contributed by atoms with van der Waals surface area (Å²) in [4.78, 5) is 28.5. The van der Waals surface area contributed by atoms with Gasteiger partial charge in [0, 0.05) is 42.0 Å². The van der Waals surface area contributed by atoms with Crippen molar-refractivity contribution in [1.82, 2.24) is 10.2 Å². The fourth-order valence-electron chi connectivity index (χ4n) is 1.76. The minimum absolute atomic E-state index is 0. The molecule has 20 heavy (non-hydrogen) atoms. The normalized spacial score (nSPS) is 11.1. The molecule has 0 bridgehead atoms. The van der Waals surface area contributed by atoms with Gasteiger partial charge < -0.3 is 33.4 Å². The zero-order valence-corrected chi connectivity index (χ0v) is 14.3. The summed E-state index contributed by atoms with van der Waals surface area (Å²) in [7, 11) is 1.78. The number of aliphatic imine (C=N–C) groups is 1. The second-order valence-electron chi connectivity index (χ2n) is 4.27. The molecule has 1 radical (unpaired) electrons. The SMILES string of the molecule is [CH2-]C(=O)N(CCNC)C(CCCN=C(N)N)C(C)=O.[Nb]. The topological polar surface area (TPSA) is 114 Å². The largest absolute Gasteiger partial charge is 0.370 e. The van der Waals surface area contributed by atoms with Crippen LogP contribution in [0.2, 0.25) is 0 Å². The zero-order chi connectivity index (χ0) is 14.8. The number of amides is 1. The molecule has 1 amide bonds. The number of ketones is 1. The summed E-state index contributed by atoms with van der Waals surface area (Å²) in [5.74, 6) is -0.380. The third-order valence-electron chi connectivity index (χ3n) is 2.70. The second-order valence-corrected chi connectivity index (χ2v) is 4.27. The molecule has 0 fully saturated rings. The van der Waals surface area contributed by atoms with Crippen molar-refractivity contribution in [2.45, 2.75) is 25.8 Å². The quantitative estimate of drug-likeness (QED) is 0.158. The zero-order valence-electron chi connectivity index (χ0n) is 12.1. The molecule has 0 aliphatic heterocycles. The van der Waals surface area contributed by atoms with E-state index in [0.717, 1.165) is 0 Å². The standard InChI is InChI=1S/C12H24N5O2.Nb/c1-9(18)11(5-4-6-16-12(13)14)17(10(2)19)8-7-15-3;/h11,15H,2,4-8H2,1,3H3,(H4,13,14,16);/q-1;. The third-order valence-corrected chi connectivity index (χ3v) is 2.70. The molecule has 0 aromatic carbocycles. The molecule has 8 heteroatoms. The second kappa shape index (κ2) is 11.8. The van der Waals surface area contributed by atoms with Gasteiger partial charge in [-0.25, -0.2) is 0 Å². The Bertz CT molecular complexity index is 332. The minimum Gasteiger partial charge on any atom is -0.370 e. The van der Waals surface area contributed by atoms with E-state index in [0.29, 0.717) is 32.5 Å². The van der Waals surface area contributed by atoms with Crippen molar-refractivity contribution in [3.63, 3.8) is 0 Å². The summed E-state index contributed by atoms with van der Waals surface area (Å²) >= 11 is 0. The maximum atomic E-state index is 11.7. The predicted octanol–water partition coefficient (Wildman–Crippen LogP) is -1.12. The number of hydrogen-bond donors (Lipinski definition) is 3. The number of Topliss-reactive ketones (excluding diaryl/α,β-unsaturated/α-hetero) is 1. The van der Waals surface area contributed by atoms with Gasteiger partial charge in [0.1, 0.15) is 0 Å². The molecule has 0 aliphatic rings. The van der Waals surface area contributed by atoms with Gasteiger partial charge in [0.05, 0.1) is 11.9 Å². The van der Waals surface area contributed by atoms with Gasteiger partial charge in [0.2, 0.25) is 0 Å². The van der Waals surface area contributed by atoms with Crippen LogP contribution in [-0.4, -0.2) is 55.3 Å². The van der Waals surface area contributed by atoms with Gasteiger partial charge in [0.25, 0.3) is 0 Å². The Morgan fingerprint density at radius 1 is 1.40 bits per heavy atom. The van der Waals surface area contributed by atoms with Gasteiger partial charge in [0.15, 0.2) is 11.7 Å². The van der Waals surface area contributed by atoms with Crippen molar-refractivity contribution >= 4 is 17.6 Å². The average Bonchev–Trinajstić information content (AvgIpc) is 2.30. The Hall–Kier alpha value is -1.02. The Morgan fingerprint density at radius 3 is 2.40 bits per heavy atom. The van der Waals surface area contributed by atoms with Crippen molar-refractivity contribution in [2.75, 3.05) is 26.7 Å². The number of guanidine groups is 1. The van der Waals surface area contributed by atoms with Crippen molar-refractivity contribution in [1.29, 1.82) is 0 Å². The molecule has 0 aromatic rings. The monoisotopic (exact) mass is 363 g/mol. The maximum Gasteiger partial charge on any atom is 0.185 e. The minimum atomic E-state index is -0.465. The molecule has 0 saturated heterocycles. The number of rotatable bonds is 9. The molecular formula is C12H24N5NbO2-. The van der Waals surface area contributed by atoms with Gasteiger partial charge in [-0.2, -0.15) is 0 Å². The number of carbonyl (C=O) groups excluding carboxylic acids is 2. The molecular weight excluding hydrogens is 339 g/mol. The van der Waals surface area contributed by atoms with Crippen LogP contribution >= 0.6 is 0 Å². The summed E-state index contributed by atoms with van der Waals surface area (Å²) in [6.07, 6.45) is 1.16. The molecule has 1 atom stereocenters. The molecule has 115 valence electrons. The summed E-state index contributed by atoms with van der Waals surface area (Å²) in [5.41, 5.74) is 10.4. The Morgan fingerprint density at radius 2 is 2.00 bits per heavy atom. The van der Waals surface area contributed by atoms with Crippen LogP contribution < -0.4 is 16.8 Å². The van der Waals surface area contributed by atoms with Crippen molar-refractivity contribution in [2.24, 2.45) is 16.5 Å². The van der Waals surface area contributed by atoms with Gasteiger partial charge in [-0.15, -0.1) is 0 Å². The molecule has 1 unspecified atom stereocenters.